The lowest BCUT2D eigenvalue weighted by Gasteiger charge is -2.39. The van der Waals surface area contributed by atoms with Gasteiger partial charge >= 0.3 is 0 Å². The average Bonchev–Trinajstić information content (AvgIpc) is 2.87. The molecule has 2 atom stereocenters. The van der Waals surface area contributed by atoms with Gasteiger partial charge in [-0.25, -0.2) is 4.39 Å². The van der Waals surface area contributed by atoms with E-state index < -0.39 is 18.0 Å². The van der Waals surface area contributed by atoms with E-state index in [0.29, 0.717) is 38.2 Å². The summed E-state index contributed by atoms with van der Waals surface area (Å²) in [6.07, 6.45) is 0.651. The Morgan fingerprint density at radius 1 is 1.35 bits per heavy atom. The van der Waals surface area contributed by atoms with Crippen LogP contribution in [0.2, 0.25) is 0 Å². The number of ether oxygens (including phenoxy) is 3. The quantitative estimate of drug-likeness (QED) is 0.903. The van der Waals surface area contributed by atoms with Gasteiger partial charge in [0.25, 0.3) is 0 Å². The van der Waals surface area contributed by atoms with Crippen molar-refractivity contribution in [2.75, 3.05) is 13.2 Å². The van der Waals surface area contributed by atoms with E-state index in [9.17, 15) is 9.50 Å². The van der Waals surface area contributed by atoms with E-state index in [4.69, 9.17) is 14.2 Å². The van der Waals surface area contributed by atoms with Gasteiger partial charge in [0.1, 0.15) is 17.7 Å². The highest BCUT2D eigenvalue weighted by Crippen LogP contribution is 2.38. The highest BCUT2D eigenvalue weighted by atomic mass is 19.1. The van der Waals surface area contributed by atoms with E-state index in [1.807, 2.05) is 6.92 Å². The Labute approximate surface area is 117 Å². The van der Waals surface area contributed by atoms with Gasteiger partial charge in [-0.2, -0.15) is 0 Å². The van der Waals surface area contributed by atoms with Crippen molar-refractivity contribution >= 4 is 0 Å². The molecule has 1 aromatic carbocycles. The summed E-state index contributed by atoms with van der Waals surface area (Å²) < 4.78 is 30.4. The second-order valence-electron chi connectivity index (χ2n) is 5.48. The van der Waals surface area contributed by atoms with Crippen LogP contribution in [0.15, 0.2) is 18.2 Å². The molecule has 2 unspecified atom stereocenters. The van der Waals surface area contributed by atoms with Gasteiger partial charge in [-0.3, -0.25) is 0 Å². The summed E-state index contributed by atoms with van der Waals surface area (Å²) in [6, 6.07) is 4.40. The smallest absolute Gasteiger partial charge is 0.172 e. The van der Waals surface area contributed by atoms with Crippen LogP contribution < -0.4 is 4.74 Å². The molecule has 110 valence electrons. The van der Waals surface area contributed by atoms with Crippen LogP contribution in [-0.2, 0) is 9.47 Å². The number of aryl methyl sites for hydroxylation is 1. The SMILES string of the molecule is Cc1ccc(F)cc1OC1CC2(CCC1O)OCCO2. The molecular formula is C15H19FO4. The van der Waals surface area contributed by atoms with Crippen molar-refractivity contribution in [3.63, 3.8) is 0 Å². The minimum absolute atomic E-state index is 0.348. The lowest BCUT2D eigenvalue weighted by atomic mass is 9.89. The molecule has 20 heavy (non-hydrogen) atoms. The summed E-state index contributed by atoms with van der Waals surface area (Å²) >= 11 is 0. The number of halogens is 1. The first-order valence-corrected chi connectivity index (χ1v) is 6.97. The summed E-state index contributed by atoms with van der Waals surface area (Å²) in [5.41, 5.74) is 0.839. The van der Waals surface area contributed by atoms with E-state index >= 15 is 0 Å². The fourth-order valence-electron chi connectivity index (χ4n) is 2.84. The second kappa shape index (κ2) is 5.31. The maximum atomic E-state index is 13.3. The molecule has 1 heterocycles. The van der Waals surface area contributed by atoms with Gasteiger partial charge in [-0.05, 0) is 25.0 Å². The number of aliphatic hydroxyl groups excluding tert-OH is 1. The van der Waals surface area contributed by atoms with Crippen molar-refractivity contribution in [2.45, 2.75) is 44.2 Å². The van der Waals surface area contributed by atoms with Gasteiger partial charge in [0.15, 0.2) is 5.79 Å². The van der Waals surface area contributed by atoms with Crippen molar-refractivity contribution in [1.29, 1.82) is 0 Å². The Hall–Kier alpha value is -1.17. The molecule has 0 radical (unpaired) electrons. The van der Waals surface area contributed by atoms with Gasteiger partial charge < -0.3 is 19.3 Å². The molecule has 1 aliphatic heterocycles. The van der Waals surface area contributed by atoms with E-state index in [1.165, 1.54) is 12.1 Å². The Morgan fingerprint density at radius 2 is 2.10 bits per heavy atom. The number of hydrogen-bond donors (Lipinski definition) is 1. The van der Waals surface area contributed by atoms with Crippen molar-refractivity contribution in [2.24, 2.45) is 0 Å². The Balaban J connectivity index is 1.76. The Morgan fingerprint density at radius 3 is 2.85 bits per heavy atom. The molecule has 1 aromatic rings. The monoisotopic (exact) mass is 282 g/mol. The lowest BCUT2D eigenvalue weighted by molar-refractivity contribution is -0.209. The van der Waals surface area contributed by atoms with Gasteiger partial charge in [0, 0.05) is 18.9 Å². The Bertz CT molecular complexity index is 485. The maximum absolute atomic E-state index is 13.3. The third kappa shape index (κ3) is 2.66. The number of hydrogen-bond acceptors (Lipinski definition) is 4. The van der Waals surface area contributed by atoms with Gasteiger partial charge in [0.2, 0.25) is 0 Å². The molecule has 1 aliphatic carbocycles. The minimum Gasteiger partial charge on any atom is -0.487 e. The molecule has 2 fully saturated rings. The fourth-order valence-corrected chi connectivity index (χ4v) is 2.84. The molecule has 1 N–H and O–H groups in total. The first-order chi connectivity index (χ1) is 9.58. The molecule has 2 aliphatic rings. The maximum Gasteiger partial charge on any atom is 0.172 e. The summed E-state index contributed by atoms with van der Waals surface area (Å²) in [5.74, 6) is -0.520. The first-order valence-electron chi connectivity index (χ1n) is 6.97. The predicted molar refractivity (Wildman–Crippen MR) is 70.0 cm³/mol. The molecule has 1 spiro atoms. The van der Waals surface area contributed by atoms with Crippen LogP contribution in [0.5, 0.6) is 5.75 Å². The second-order valence-corrected chi connectivity index (χ2v) is 5.48. The topological polar surface area (TPSA) is 47.9 Å². The van der Waals surface area contributed by atoms with Crippen molar-refractivity contribution in [3.8, 4) is 5.75 Å². The third-order valence-electron chi connectivity index (χ3n) is 4.00. The third-order valence-corrected chi connectivity index (χ3v) is 4.00. The standard InChI is InChI=1S/C15H19FO4/c1-10-2-3-11(16)8-13(10)20-14-9-15(5-4-12(14)17)18-6-7-19-15/h2-3,8,12,14,17H,4-7,9H2,1H3. The molecule has 0 aromatic heterocycles. The largest absolute Gasteiger partial charge is 0.487 e. The first kappa shape index (κ1) is 13.8. The number of aliphatic hydroxyl groups is 1. The van der Waals surface area contributed by atoms with Gasteiger partial charge in [-0.1, -0.05) is 6.07 Å². The van der Waals surface area contributed by atoms with E-state index in [-0.39, 0.29) is 5.82 Å². The summed E-state index contributed by atoms with van der Waals surface area (Å²) in [6.45, 7) is 2.99. The molecule has 5 heteroatoms. The van der Waals surface area contributed by atoms with Crippen LogP contribution in [0, 0.1) is 12.7 Å². The lowest BCUT2D eigenvalue weighted by Crippen LogP contribution is -2.47. The molecule has 1 saturated heterocycles. The van der Waals surface area contributed by atoms with Crippen molar-refractivity contribution < 1.29 is 23.7 Å². The van der Waals surface area contributed by atoms with Gasteiger partial charge in [-0.15, -0.1) is 0 Å². The van der Waals surface area contributed by atoms with Crippen molar-refractivity contribution in [3.05, 3.63) is 29.6 Å². The van der Waals surface area contributed by atoms with Crippen molar-refractivity contribution in [1.82, 2.24) is 0 Å². The zero-order valence-corrected chi connectivity index (χ0v) is 11.5. The predicted octanol–water partition coefficient (Wildman–Crippen LogP) is 2.17. The fraction of sp³-hybridized carbons (Fsp3) is 0.600. The van der Waals surface area contributed by atoms with Crippen LogP contribution in [-0.4, -0.2) is 36.3 Å². The van der Waals surface area contributed by atoms with Crippen LogP contribution in [0.25, 0.3) is 0 Å². The summed E-state index contributed by atoms with van der Waals surface area (Å²) in [7, 11) is 0. The molecule has 3 rings (SSSR count). The van der Waals surface area contributed by atoms with Gasteiger partial charge in [0.05, 0.1) is 19.3 Å². The van der Waals surface area contributed by atoms with E-state index in [0.717, 1.165) is 5.56 Å². The van der Waals surface area contributed by atoms with Crippen LogP contribution >= 0.6 is 0 Å². The number of benzene rings is 1. The zero-order chi connectivity index (χ0) is 14.2. The molecule has 0 amide bonds. The summed E-state index contributed by atoms with van der Waals surface area (Å²) in [5, 5.41) is 10.1. The minimum atomic E-state index is -0.634. The van der Waals surface area contributed by atoms with Crippen LogP contribution in [0.4, 0.5) is 4.39 Å². The van der Waals surface area contributed by atoms with E-state index in [1.54, 1.807) is 6.07 Å². The summed E-state index contributed by atoms with van der Waals surface area (Å²) in [4.78, 5) is 0. The van der Waals surface area contributed by atoms with Crippen LogP contribution in [0.1, 0.15) is 24.8 Å². The Kier molecular flexibility index (Phi) is 3.67. The van der Waals surface area contributed by atoms with E-state index in [2.05, 4.69) is 0 Å². The zero-order valence-electron chi connectivity index (χ0n) is 11.5. The molecule has 1 saturated carbocycles. The molecule has 4 nitrogen and oxygen atoms in total. The normalized spacial score (nSPS) is 28.8. The number of rotatable bonds is 2. The molecule has 0 bridgehead atoms. The molecular weight excluding hydrogens is 263 g/mol. The highest BCUT2D eigenvalue weighted by molar-refractivity contribution is 5.33. The van der Waals surface area contributed by atoms with Crippen LogP contribution in [0.3, 0.4) is 0 Å². The average molecular weight is 282 g/mol. The highest BCUT2D eigenvalue weighted by Gasteiger charge is 2.45.